The summed E-state index contributed by atoms with van der Waals surface area (Å²) >= 11 is 0. The lowest BCUT2D eigenvalue weighted by Gasteiger charge is -2.33. The molecule has 0 aliphatic carbocycles. The first-order valence-corrected chi connectivity index (χ1v) is 12.4. The summed E-state index contributed by atoms with van der Waals surface area (Å²) in [6, 6.07) is 5.92. The number of benzene rings is 1. The molecular weight excluding hydrogens is 402 g/mol. The van der Waals surface area contributed by atoms with E-state index in [2.05, 4.69) is 10.2 Å². The van der Waals surface area contributed by atoms with Crippen LogP contribution in [0, 0.1) is 0 Å². The van der Waals surface area contributed by atoms with Crippen molar-refractivity contribution in [3.63, 3.8) is 0 Å². The molecule has 1 amide bonds. The minimum Gasteiger partial charge on any atom is -0.325 e. The van der Waals surface area contributed by atoms with E-state index in [0.717, 1.165) is 6.54 Å². The number of piperazine rings is 1. The zero-order valence-electron chi connectivity index (χ0n) is 16.8. The number of carbonyl (C=O) groups excluding carboxylic acids is 1. The summed E-state index contributed by atoms with van der Waals surface area (Å²) in [5.74, 6) is -0.681. The molecular formula is C18H29N3O5S2. The summed E-state index contributed by atoms with van der Waals surface area (Å²) in [6.45, 7) is 9.47. The number of carbonyl (C=O) groups is 1. The van der Waals surface area contributed by atoms with Gasteiger partial charge in [-0.2, -0.15) is 4.31 Å². The molecule has 1 aromatic carbocycles. The number of anilines is 1. The Morgan fingerprint density at radius 2 is 1.68 bits per heavy atom. The van der Waals surface area contributed by atoms with E-state index in [1.54, 1.807) is 6.07 Å². The molecule has 1 fully saturated rings. The molecule has 1 heterocycles. The Hall–Kier alpha value is -1.49. The third-order valence-electron chi connectivity index (χ3n) is 5.04. The Morgan fingerprint density at radius 3 is 2.21 bits per heavy atom. The van der Waals surface area contributed by atoms with E-state index >= 15 is 0 Å². The van der Waals surface area contributed by atoms with E-state index in [-0.39, 0.29) is 10.6 Å². The third-order valence-corrected chi connectivity index (χ3v) is 9.45. The average Bonchev–Trinajstić information content (AvgIpc) is 2.67. The molecule has 28 heavy (non-hydrogen) atoms. The molecule has 0 saturated carbocycles. The molecule has 1 aliphatic heterocycles. The van der Waals surface area contributed by atoms with Gasteiger partial charge in [0.25, 0.3) is 0 Å². The Balaban J connectivity index is 2.17. The molecule has 1 atom stereocenters. The number of amides is 1. The van der Waals surface area contributed by atoms with Crippen LogP contribution in [0.5, 0.6) is 0 Å². The average molecular weight is 432 g/mol. The number of hydrogen-bond donors (Lipinski definition) is 1. The Labute approximate surface area is 167 Å². The number of rotatable bonds is 7. The Morgan fingerprint density at radius 1 is 1.07 bits per heavy atom. The maximum Gasteiger partial charge on any atom is 0.243 e. The summed E-state index contributed by atoms with van der Waals surface area (Å²) in [5, 5.41) is 0.619. The molecule has 10 heteroatoms. The third kappa shape index (κ3) is 4.91. The van der Waals surface area contributed by atoms with Crippen LogP contribution in [0.2, 0.25) is 0 Å². The van der Waals surface area contributed by atoms with Crippen molar-refractivity contribution in [2.45, 2.75) is 43.1 Å². The first-order valence-electron chi connectivity index (χ1n) is 9.36. The zero-order chi connectivity index (χ0) is 21.1. The normalized spacial score (nSPS) is 18.2. The smallest absolute Gasteiger partial charge is 0.243 e. The van der Waals surface area contributed by atoms with Crippen LogP contribution in [-0.4, -0.2) is 75.2 Å². The van der Waals surface area contributed by atoms with Crippen molar-refractivity contribution < 1.29 is 21.6 Å². The van der Waals surface area contributed by atoms with Crippen LogP contribution >= 0.6 is 0 Å². The van der Waals surface area contributed by atoms with Gasteiger partial charge < -0.3 is 10.2 Å². The predicted octanol–water partition coefficient (Wildman–Crippen LogP) is 1.16. The minimum absolute atomic E-state index is 0.0784. The van der Waals surface area contributed by atoms with Gasteiger partial charge in [0, 0.05) is 31.9 Å². The van der Waals surface area contributed by atoms with E-state index in [1.807, 2.05) is 6.92 Å². The highest BCUT2D eigenvalue weighted by molar-refractivity contribution is 7.93. The van der Waals surface area contributed by atoms with Gasteiger partial charge in [-0.15, -0.1) is 0 Å². The largest absolute Gasteiger partial charge is 0.325 e. The van der Waals surface area contributed by atoms with Gasteiger partial charge in [0.15, 0.2) is 9.84 Å². The fourth-order valence-electron chi connectivity index (χ4n) is 2.97. The summed E-state index contributed by atoms with van der Waals surface area (Å²) < 4.78 is 51.6. The molecule has 2 rings (SSSR count). The first-order chi connectivity index (χ1) is 13.0. The van der Waals surface area contributed by atoms with Crippen molar-refractivity contribution >= 4 is 31.5 Å². The van der Waals surface area contributed by atoms with Crippen LogP contribution in [-0.2, 0) is 24.7 Å². The van der Waals surface area contributed by atoms with E-state index in [4.69, 9.17) is 0 Å². The SMILES string of the molecule is CCN1CCN(S(=O)(=O)c2cccc(NC(=O)C(C)S(=O)(=O)C(C)C)c2)CC1. The molecule has 158 valence electrons. The molecule has 0 bridgehead atoms. The van der Waals surface area contributed by atoms with E-state index in [9.17, 15) is 21.6 Å². The second-order valence-electron chi connectivity index (χ2n) is 7.14. The Kier molecular flexibility index (Phi) is 7.24. The van der Waals surface area contributed by atoms with Gasteiger partial charge in [-0.3, -0.25) is 4.79 Å². The molecule has 1 aliphatic rings. The van der Waals surface area contributed by atoms with Gasteiger partial charge in [0.05, 0.1) is 10.1 Å². The molecule has 1 N–H and O–H groups in total. The predicted molar refractivity (Wildman–Crippen MR) is 109 cm³/mol. The molecule has 8 nitrogen and oxygen atoms in total. The van der Waals surface area contributed by atoms with Crippen LogP contribution in [0.3, 0.4) is 0 Å². The fourth-order valence-corrected chi connectivity index (χ4v) is 5.61. The molecule has 0 radical (unpaired) electrons. The number of likely N-dealkylation sites (N-methyl/N-ethyl adjacent to an activating group) is 1. The van der Waals surface area contributed by atoms with Gasteiger partial charge in [-0.25, -0.2) is 16.8 Å². The molecule has 1 unspecified atom stereocenters. The molecule has 1 saturated heterocycles. The molecule has 1 aromatic rings. The zero-order valence-corrected chi connectivity index (χ0v) is 18.4. The number of sulfone groups is 1. The lowest BCUT2D eigenvalue weighted by Crippen LogP contribution is -2.48. The van der Waals surface area contributed by atoms with Crippen molar-refractivity contribution in [1.82, 2.24) is 9.21 Å². The topological polar surface area (TPSA) is 104 Å². The van der Waals surface area contributed by atoms with Crippen molar-refractivity contribution in [2.75, 3.05) is 38.0 Å². The van der Waals surface area contributed by atoms with Crippen LogP contribution in [0.4, 0.5) is 5.69 Å². The highest BCUT2D eigenvalue weighted by atomic mass is 32.2. The standard InChI is InChI=1S/C18H29N3O5S2/c1-5-20-9-11-21(12-10-20)28(25,26)17-8-6-7-16(13-17)19-18(22)15(4)27(23,24)14(2)3/h6-8,13-15H,5,9-12H2,1-4H3,(H,19,22). The van der Waals surface area contributed by atoms with Crippen LogP contribution in [0.1, 0.15) is 27.7 Å². The van der Waals surface area contributed by atoms with E-state index in [0.29, 0.717) is 26.2 Å². The van der Waals surface area contributed by atoms with Crippen molar-refractivity contribution in [1.29, 1.82) is 0 Å². The molecule has 0 aromatic heterocycles. The number of hydrogen-bond acceptors (Lipinski definition) is 6. The van der Waals surface area contributed by atoms with Crippen LogP contribution < -0.4 is 5.32 Å². The second kappa shape index (κ2) is 8.89. The lowest BCUT2D eigenvalue weighted by atomic mass is 10.3. The van der Waals surface area contributed by atoms with E-state index < -0.39 is 36.3 Å². The van der Waals surface area contributed by atoms with Gasteiger partial charge in [-0.1, -0.05) is 13.0 Å². The van der Waals surface area contributed by atoms with Crippen LogP contribution in [0.25, 0.3) is 0 Å². The summed E-state index contributed by atoms with van der Waals surface area (Å²) in [4.78, 5) is 14.6. The summed E-state index contributed by atoms with van der Waals surface area (Å²) in [7, 11) is -7.28. The highest BCUT2D eigenvalue weighted by Gasteiger charge is 2.31. The lowest BCUT2D eigenvalue weighted by molar-refractivity contribution is -0.115. The van der Waals surface area contributed by atoms with Crippen molar-refractivity contribution in [2.24, 2.45) is 0 Å². The molecule has 0 spiro atoms. The fraction of sp³-hybridized carbons (Fsp3) is 0.611. The minimum atomic E-state index is -3.68. The second-order valence-corrected chi connectivity index (χ2v) is 11.9. The number of nitrogens with one attached hydrogen (secondary N) is 1. The van der Waals surface area contributed by atoms with Gasteiger partial charge in [-0.05, 0) is 45.5 Å². The maximum atomic E-state index is 12.9. The summed E-state index contributed by atoms with van der Waals surface area (Å²) in [5.41, 5.74) is 0.254. The van der Waals surface area contributed by atoms with Gasteiger partial charge >= 0.3 is 0 Å². The number of sulfonamides is 1. The van der Waals surface area contributed by atoms with Gasteiger partial charge in [0.1, 0.15) is 5.25 Å². The van der Waals surface area contributed by atoms with E-state index in [1.165, 1.54) is 43.3 Å². The maximum absolute atomic E-state index is 12.9. The highest BCUT2D eigenvalue weighted by Crippen LogP contribution is 2.21. The first kappa shape index (κ1) is 22.8. The monoisotopic (exact) mass is 431 g/mol. The van der Waals surface area contributed by atoms with Crippen molar-refractivity contribution in [3.05, 3.63) is 24.3 Å². The van der Waals surface area contributed by atoms with Gasteiger partial charge in [0.2, 0.25) is 15.9 Å². The quantitative estimate of drug-likeness (QED) is 0.695. The number of nitrogens with zero attached hydrogens (tertiary/aromatic N) is 2. The van der Waals surface area contributed by atoms with Crippen molar-refractivity contribution in [3.8, 4) is 0 Å². The Bertz CT molecular complexity index is 905. The van der Waals surface area contributed by atoms with Crippen LogP contribution in [0.15, 0.2) is 29.2 Å². The summed E-state index contributed by atoms with van der Waals surface area (Å²) in [6.07, 6.45) is 0.